The summed E-state index contributed by atoms with van der Waals surface area (Å²) in [6.07, 6.45) is 3.03. The van der Waals surface area contributed by atoms with Crippen molar-refractivity contribution in [2.24, 2.45) is 7.05 Å². The molecule has 5 heteroatoms. The quantitative estimate of drug-likeness (QED) is 0.781. The van der Waals surface area contributed by atoms with E-state index in [1.165, 1.54) is 17.8 Å². The predicted octanol–water partition coefficient (Wildman–Crippen LogP) is 3.07. The first-order valence-corrected chi connectivity index (χ1v) is 8.86. The molecule has 0 N–H and O–H groups in total. The Morgan fingerprint density at radius 1 is 1.04 bits per heavy atom. The largest absolute Gasteiger partial charge is 0.353 e. The molecule has 1 aliphatic heterocycles. The molecule has 0 bridgehead atoms. The number of Topliss-reactive ketones (excluding diaryl/α,β-unsaturated/α-hetero) is 1. The zero-order chi connectivity index (χ0) is 17.8. The second kappa shape index (κ2) is 7.93. The summed E-state index contributed by atoms with van der Waals surface area (Å²) in [5, 5.41) is 0. The third-order valence-electron chi connectivity index (χ3n) is 4.90. The molecule has 1 aliphatic rings. The van der Waals surface area contributed by atoms with E-state index in [2.05, 4.69) is 14.4 Å². The molecular weight excluding hydrogens is 317 g/mol. The zero-order valence-corrected chi connectivity index (χ0v) is 15.0. The maximum absolute atomic E-state index is 13.0. The predicted molar refractivity (Wildman–Crippen MR) is 97.0 cm³/mol. The average molecular weight is 343 g/mol. The van der Waals surface area contributed by atoms with Gasteiger partial charge < -0.3 is 4.57 Å². The van der Waals surface area contributed by atoms with Crippen LogP contribution in [0.25, 0.3) is 0 Å². The number of aromatic nitrogens is 1. The first kappa shape index (κ1) is 17.8. The van der Waals surface area contributed by atoms with Crippen LogP contribution < -0.4 is 0 Å². The molecule has 25 heavy (non-hydrogen) atoms. The third kappa shape index (κ3) is 4.77. The SMILES string of the molecule is CC(=O)c1cc(CN2CCCN(Cc3ccc(F)cc3)CC2)n(C)c1. The van der Waals surface area contributed by atoms with Crippen LogP contribution in [0.15, 0.2) is 36.5 Å². The topological polar surface area (TPSA) is 28.5 Å². The van der Waals surface area contributed by atoms with E-state index in [4.69, 9.17) is 0 Å². The number of hydrogen-bond donors (Lipinski definition) is 0. The molecule has 1 fully saturated rings. The highest BCUT2D eigenvalue weighted by Gasteiger charge is 2.17. The van der Waals surface area contributed by atoms with E-state index >= 15 is 0 Å². The van der Waals surface area contributed by atoms with Gasteiger partial charge in [-0.15, -0.1) is 0 Å². The van der Waals surface area contributed by atoms with Gasteiger partial charge in [0.1, 0.15) is 5.82 Å². The van der Waals surface area contributed by atoms with E-state index in [1.807, 2.05) is 31.4 Å². The van der Waals surface area contributed by atoms with Crippen molar-refractivity contribution in [3.05, 3.63) is 59.2 Å². The normalized spacial score (nSPS) is 16.8. The number of nitrogens with zero attached hydrogens (tertiary/aromatic N) is 3. The molecule has 1 saturated heterocycles. The second-order valence-electron chi connectivity index (χ2n) is 6.92. The van der Waals surface area contributed by atoms with E-state index in [0.717, 1.165) is 56.8 Å². The summed E-state index contributed by atoms with van der Waals surface area (Å²) in [6.45, 7) is 7.46. The van der Waals surface area contributed by atoms with Crippen molar-refractivity contribution in [1.82, 2.24) is 14.4 Å². The molecule has 134 valence electrons. The molecule has 3 rings (SSSR count). The van der Waals surface area contributed by atoms with Gasteiger partial charge in [-0.1, -0.05) is 12.1 Å². The standard InChI is InChI=1S/C20H26FN3O/c1-16(25)18-12-20(22(2)14-18)15-24-9-3-8-23(10-11-24)13-17-4-6-19(21)7-5-17/h4-7,12,14H,3,8-11,13,15H2,1-2H3. The fourth-order valence-electron chi connectivity index (χ4n) is 3.38. The maximum atomic E-state index is 13.0. The lowest BCUT2D eigenvalue weighted by Crippen LogP contribution is -2.30. The summed E-state index contributed by atoms with van der Waals surface area (Å²) in [7, 11) is 2.00. The smallest absolute Gasteiger partial charge is 0.161 e. The van der Waals surface area contributed by atoms with Crippen molar-refractivity contribution >= 4 is 5.78 Å². The summed E-state index contributed by atoms with van der Waals surface area (Å²) in [4.78, 5) is 16.4. The molecule has 1 aromatic heterocycles. The van der Waals surface area contributed by atoms with E-state index in [1.54, 1.807) is 6.92 Å². The van der Waals surface area contributed by atoms with Crippen molar-refractivity contribution in [2.45, 2.75) is 26.4 Å². The van der Waals surface area contributed by atoms with Gasteiger partial charge in [0.15, 0.2) is 5.78 Å². The molecule has 0 unspecified atom stereocenters. The molecule has 0 atom stereocenters. The van der Waals surface area contributed by atoms with Crippen LogP contribution in [0.1, 0.15) is 35.0 Å². The number of rotatable bonds is 5. The van der Waals surface area contributed by atoms with E-state index in [-0.39, 0.29) is 11.6 Å². The molecule has 4 nitrogen and oxygen atoms in total. The summed E-state index contributed by atoms with van der Waals surface area (Å²) < 4.78 is 15.1. The Bertz CT molecular complexity index is 723. The minimum Gasteiger partial charge on any atom is -0.353 e. The van der Waals surface area contributed by atoms with Crippen LogP contribution in [0.2, 0.25) is 0 Å². The molecule has 1 aromatic carbocycles. The molecule has 0 radical (unpaired) electrons. The van der Waals surface area contributed by atoms with Gasteiger partial charge in [0, 0.05) is 50.7 Å². The van der Waals surface area contributed by atoms with Crippen LogP contribution in [-0.2, 0) is 20.1 Å². The number of carbonyl (C=O) groups excluding carboxylic acids is 1. The van der Waals surface area contributed by atoms with Crippen molar-refractivity contribution in [1.29, 1.82) is 0 Å². The first-order valence-electron chi connectivity index (χ1n) is 8.86. The highest BCUT2D eigenvalue weighted by atomic mass is 19.1. The van der Waals surface area contributed by atoms with Crippen molar-refractivity contribution in [3.8, 4) is 0 Å². The van der Waals surface area contributed by atoms with Gasteiger partial charge >= 0.3 is 0 Å². The van der Waals surface area contributed by atoms with Crippen LogP contribution in [0.4, 0.5) is 4.39 Å². The summed E-state index contributed by atoms with van der Waals surface area (Å²) in [5.41, 5.74) is 3.12. The molecule has 0 spiro atoms. The van der Waals surface area contributed by atoms with Crippen molar-refractivity contribution in [2.75, 3.05) is 26.2 Å². The van der Waals surface area contributed by atoms with Gasteiger partial charge in [0.2, 0.25) is 0 Å². The van der Waals surface area contributed by atoms with Gasteiger partial charge in [-0.3, -0.25) is 14.6 Å². The molecule has 0 aliphatic carbocycles. The Kier molecular flexibility index (Phi) is 5.66. The first-order chi connectivity index (χ1) is 12.0. The van der Waals surface area contributed by atoms with E-state index in [9.17, 15) is 9.18 Å². The summed E-state index contributed by atoms with van der Waals surface area (Å²) >= 11 is 0. The lowest BCUT2D eigenvalue weighted by Gasteiger charge is -2.22. The van der Waals surface area contributed by atoms with Gasteiger partial charge in [0.05, 0.1) is 0 Å². The van der Waals surface area contributed by atoms with Crippen LogP contribution in [-0.4, -0.2) is 46.3 Å². The Labute approximate surface area is 148 Å². The second-order valence-corrected chi connectivity index (χ2v) is 6.92. The lowest BCUT2D eigenvalue weighted by molar-refractivity contribution is 0.101. The molecule has 0 amide bonds. The molecule has 0 saturated carbocycles. The fourth-order valence-corrected chi connectivity index (χ4v) is 3.38. The average Bonchev–Trinajstić information content (AvgIpc) is 2.80. The van der Waals surface area contributed by atoms with Gasteiger partial charge in [-0.2, -0.15) is 0 Å². The van der Waals surface area contributed by atoms with Gasteiger partial charge in [0.25, 0.3) is 0 Å². The minimum atomic E-state index is -0.182. The number of halogens is 1. The van der Waals surface area contributed by atoms with Crippen LogP contribution in [0, 0.1) is 5.82 Å². The van der Waals surface area contributed by atoms with E-state index < -0.39 is 0 Å². The number of ketones is 1. The van der Waals surface area contributed by atoms with Crippen LogP contribution in [0.5, 0.6) is 0 Å². The van der Waals surface area contributed by atoms with Gasteiger partial charge in [-0.25, -0.2) is 4.39 Å². The zero-order valence-electron chi connectivity index (χ0n) is 15.0. The highest BCUT2D eigenvalue weighted by molar-refractivity contribution is 5.94. The number of carbonyl (C=O) groups is 1. The molecule has 2 aromatic rings. The lowest BCUT2D eigenvalue weighted by atomic mass is 10.2. The number of benzene rings is 1. The van der Waals surface area contributed by atoms with Crippen molar-refractivity contribution in [3.63, 3.8) is 0 Å². The van der Waals surface area contributed by atoms with Crippen LogP contribution >= 0.6 is 0 Å². The molecule has 2 heterocycles. The van der Waals surface area contributed by atoms with E-state index in [0.29, 0.717) is 0 Å². The minimum absolute atomic E-state index is 0.114. The third-order valence-corrected chi connectivity index (χ3v) is 4.90. The summed E-state index contributed by atoms with van der Waals surface area (Å²) in [6, 6.07) is 8.79. The Balaban J connectivity index is 1.56. The fraction of sp³-hybridized carbons (Fsp3) is 0.450. The number of hydrogen-bond acceptors (Lipinski definition) is 3. The van der Waals surface area contributed by atoms with Crippen molar-refractivity contribution < 1.29 is 9.18 Å². The highest BCUT2D eigenvalue weighted by Crippen LogP contribution is 2.14. The Morgan fingerprint density at radius 2 is 1.68 bits per heavy atom. The number of aryl methyl sites for hydroxylation is 1. The maximum Gasteiger partial charge on any atom is 0.161 e. The Morgan fingerprint density at radius 3 is 2.28 bits per heavy atom. The molecular formula is C20H26FN3O. The van der Waals surface area contributed by atoms with Gasteiger partial charge in [-0.05, 0) is 50.2 Å². The summed E-state index contributed by atoms with van der Waals surface area (Å²) in [5.74, 6) is -0.0681. The monoisotopic (exact) mass is 343 g/mol. The van der Waals surface area contributed by atoms with Crippen LogP contribution in [0.3, 0.4) is 0 Å². The Hall–Kier alpha value is -1.98.